The summed E-state index contributed by atoms with van der Waals surface area (Å²) in [7, 11) is -2.67. The van der Waals surface area contributed by atoms with Crippen molar-refractivity contribution in [2.75, 3.05) is 11.0 Å². The van der Waals surface area contributed by atoms with E-state index in [0.717, 1.165) is 18.4 Å². The molecule has 0 unspecified atom stereocenters. The molecular formula is C7H7ClFNO4S2. The van der Waals surface area contributed by atoms with Crippen LogP contribution in [0.4, 0.5) is 10.1 Å². The highest BCUT2D eigenvalue weighted by Gasteiger charge is 2.14. The number of rotatable bonds is 3. The van der Waals surface area contributed by atoms with Crippen LogP contribution in [-0.4, -0.2) is 23.1 Å². The first-order valence-electron chi connectivity index (χ1n) is 3.81. The molecule has 1 aromatic carbocycles. The normalized spacial score (nSPS) is 12.4. The average Bonchev–Trinajstić information content (AvgIpc) is 2.04. The summed E-state index contributed by atoms with van der Waals surface area (Å²) in [6.45, 7) is 0. The predicted molar refractivity (Wildman–Crippen MR) is 57.9 cm³/mol. The van der Waals surface area contributed by atoms with Gasteiger partial charge in [-0.15, -0.1) is 0 Å². The minimum atomic E-state index is -4.03. The Kier molecular flexibility index (Phi) is 3.46. The highest BCUT2D eigenvalue weighted by Crippen LogP contribution is 2.21. The largest absolute Gasteiger partial charge is 0.281 e. The third kappa shape index (κ3) is 3.62. The number of anilines is 1. The molecule has 0 aliphatic rings. The van der Waals surface area contributed by atoms with Crippen LogP contribution in [0.15, 0.2) is 23.1 Å². The van der Waals surface area contributed by atoms with E-state index in [2.05, 4.69) is 0 Å². The van der Waals surface area contributed by atoms with Crippen molar-refractivity contribution in [2.24, 2.45) is 0 Å². The predicted octanol–water partition coefficient (Wildman–Crippen LogP) is 1.12. The van der Waals surface area contributed by atoms with Crippen molar-refractivity contribution in [1.82, 2.24) is 0 Å². The summed E-state index contributed by atoms with van der Waals surface area (Å²) in [5, 5.41) is 0. The summed E-state index contributed by atoms with van der Waals surface area (Å²) in [6.07, 6.45) is 0.846. The molecule has 0 heterocycles. The first-order valence-corrected chi connectivity index (χ1v) is 8.02. The van der Waals surface area contributed by atoms with Gasteiger partial charge in [-0.3, -0.25) is 4.72 Å². The van der Waals surface area contributed by atoms with E-state index in [4.69, 9.17) is 10.7 Å². The van der Waals surface area contributed by atoms with Gasteiger partial charge in [0.15, 0.2) is 0 Å². The Labute approximate surface area is 96.7 Å². The van der Waals surface area contributed by atoms with Crippen molar-refractivity contribution in [3.63, 3.8) is 0 Å². The molecule has 0 aromatic heterocycles. The molecule has 5 nitrogen and oxygen atoms in total. The second-order valence-electron chi connectivity index (χ2n) is 2.95. The summed E-state index contributed by atoms with van der Waals surface area (Å²) < 4.78 is 58.5. The summed E-state index contributed by atoms with van der Waals surface area (Å²) >= 11 is 0. The summed E-state index contributed by atoms with van der Waals surface area (Å²) in [5.41, 5.74) is -0.341. The quantitative estimate of drug-likeness (QED) is 0.845. The molecule has 90 valence electrons. The van der Waals surface area contributed by atoms with Gasteiger partial charge in [0, 0.05) is 10.7 Å². The molecule has 0 atom stereocenters. The minimum Gasteiger partial charge on any atom is -0.281 e. The monoisotopic (exact) mass is 287 g/mol. The fourth-order valence-corrected chi connectivity index (χ4v) is 2.26. The van der Waals surface area contributed by atoms with Crippen LogP contribution in [0.25, 0.3) is 0 Å². The molecule has 9 heteroatoms. The Balaban J connectivity index is 3.21. The zero-order valence-electron chi connectivity index (χ0n) is 7.94. The molecule has 0 fully saturated rings. The Bertz CT molecular complexity index is 611. The standard InChI is InChI=1S/C7H7ClFNO4S2/c1-15(11,12)10-7-3-2-5(4-6(7)9)16(8,13)14/h2-4,10H,1H3. The van der Waals surface area contributed by atoms with Crippen LogP contribution in [-0.2, 0) is 19.1 Å². The highest BCUT2D eigenvalue weighted by molar-refractivity contribution is 8.13. The molecule has 0 bridgehead atoms. The average molecular weight is 288 g/mol. The van der Waals surface area contributed by atoms with Crippen molar-refractivity contribution in [3.8, 4) is 0 Å². The number of nitrogens with one attached hydrogen (secondary N) is 1. The van der Waals surface area contributed by atoms with Crippen LogP contribution in [0.1, 0.15) is 0 Å². The molecule has 1 rings (SSSR count). The zero-order chi connectivity index (χ0) is 12.6. The third-order valence-electron chi connectivity index (χ3n) is 1.52. The van der Waals surface area contributed by atoms with Gasteiger partial charge in [-0.25, -0.2) is 21.2 Å². The smallest absolute Gasteiger partial charge is 0.261 e. The van der Waals surface area contributed by atoms with E-state index >= 15 is 0 Å². The molecule has 16 heavy (non-hydrogen) atoms. The number of benzene rings is 1. The molecule has 0 saturated carbocycles. The maximum absolute atomic E-state index is 13.3. The van der Waals surface area contributed by atoms with E-state index in [-0.39, 0.29) is 5.69 Å². The molecule has 1 aromatic rings. The Hall–Kier alpha value is -0.860. The van der Waals surface area contributed by atoms with Gasteiger partial charge < -0.3 is 0 Å². The maximum Gasteiger partial charge on any atom is 0.261 e. The van der Waals surface area contributed by atoms with Crippen LogP contribution >= 0.6 is 10.7 Å². The molecule has 0 radical (unpaired) electrons. The van der Waals surface area contributed by atoms with Gasteiger partial charge in [0.1, 0.15) is 5.82 Å². The summed E-state index contributed by atoms with van der Waals surface area (Å²) in [6, 6.07) is 2.61. The Morgan fingerprint density at radius 1 is 1.25 bits per heavy atom. The Morgan fingerprint density at radius 2 is 1.81 bits per heavy atom. The number of hydrogen-bond acceptors (Lipinski definition) is 4. The fourth-order valence-electron chi connectivity index (χ4n) is 0.930. The van der Waals surface area contributed by atoms with Crippen molar-refractivity contribution in [2.45, 2.75) is 4.90 Å². The van der Waals surface area contributed by atoms with E-state index < -0.39 is 29.8 Å². The van der Waals surface area contributed by atoms with Gasteiger partial charge >= 0.3 is 0 Å². The molecule has 0 amide bonds. The van der Waals surface area contributed by atoms with Crippen molar-refractivity contribution in [3.05, 3.63) is 24.0 Å². The van der Waals surface area contributed by atoms with Crippen LogP contribution in [0, 0.1) is 5.82 Å². The van der Waals surface area contributed by atoms with Crippen LogP contribution < -0.4 is 4.72 Å². The van der Waals surface area contributed by atoms with Gasteiger partial charge in [-0.1, -0.05) is 0 Å². The summed E-state index contributed by atoms with van der Waals surface area (Å²) in [5.74, 6) is -1.02. The zero-order valence-corrected chi connectivity index (χ0v) is 10.3. The lowest BCUT2D eigenvalue weighted by molar-refractivity contribution is 0.601. The minimum absolute atomic E-state index is 0.341. The van der Waals surface area contributed by atoms with Crippen molar-refractivity contribution >= 4 is 35.4 Å². The fraction of sp³-hybridized carbons (Fsp3) is 0.143. The first-order chi connectivity index (χ1) is 7.09. The van der Waals surface area contributed by atoms with Gasteiger partial charge in [-0.05, 0) is 18.2 Å². The molecule has 1 N–H and O–H groups in total. The lowest BCUT2D eigenvalue weighted by atomic mass is 10.3. The SMILES string of the molecule is CS(=O)(=O)Nc1ccc(S(=O)(=O)Cl)cc1F. The molecule has 0 spiro atoms. The second-order valence-corrected chi connectivity index (χ2v) is 7.27. The number of sulfonamides is 1. The van der Waals surface area contributed by atoms with Gasteiger partial charge in [0.25, 0.3) is 9.05 Å². The summed E-state index contributed by atoms with van der Waals surface area (Å²) in [4.78, 5) is -0.439. The van der Waals surface area contributed by atoms with Crippen LogP contribution in [0.3, 0.4) is 0 Å². The van der Waals surface area contributed by atoms with Crippen LogP contribution in [0.2, 0.25) is 0 Å². The molecular weight excluding hydrogens is 281 g/mol. The maximum atomic E-state index is 13.3. The van der Waals surface area contributed by atoms with Crippen molar-refractivity contribution in [1.29, 1.82) is 0 Å². The second kappa shape index (κ2) is 4.19. The van der Waals surface area contributed by atoms with Gasteiger partial charge in [0.2, 0.25) is 10.0 Å². The third-order valence-corrected chi connectivity index (χ3v) is 3.46. The molecule has 0 saturated heterocycles. The van der Waals surface area contributed by atoms with Crippen LogP contribution in [0.5, 0.6) is 0 Å². The Morgan fingerprint density at radius 3 is 2.19 bits per heavy atom. The highest BCUT2D eigenvalue weighted by atomic mass is 35.7. The van der Waals surface area contributed by atoms with E-state index in [0.29, 0.717) is 6.07 Å². The lowest BCUT2D eigenvalue weighted by Gasteiger charge is -2.05. The van der Waals surface area contributed by atoms with E-state index in [1.54, 1.807) is 0 Å². The topological polar surface area (TPSA) is 80.3 Å². The van der Waals surface area contributed by atoms with E-state index in [1.165, 1.54) is 0 Å². The van der Waals surface area contributed by atoms with E-state index in [9.17, 15) is 21.2 Å². The van der Waals surface area contributed by atoms with Gasteiger partial charge in [-0.2, -0.15) is 0 Å². The van der Waals surface area contributed by atoms with Gasteiger partial charge in [0.05, 0.1) is 16.8 Å². The molecule has 0 aliphatic heterocycles. The first kappa shape index (κ1) is 13.2. The molecule has 0 aliphatic carbocycles. The van der Waals surface area contributed by atoms with Crippen molar-refractivity contribution < 1.29 is 21.2 Å². The number of hydrogen-bond donors (Lipinski definition) is 1. The van der Waals surface area contributed by atoms with E-state index in [1.807, 2.05) is 4.72 Å². The number of halogens is 2. The lowest BCUT2D eigenvalue weighted by Crippen LogP contribution is -2.11.